The minimum absolute atomic E-state index is 0.762. The molecule has 2 heteroatoms. The van der Waals surface area contributed by atoms with Gasteiger partial charge in [-0.05, 0) is 24.6 Å². The second-order valence-electron chi connectivity index (χ2n) is 3.70. The molecule has 0 radical (unpaired) electrons. The zero-order chi connectivity index (χ0) is 10.7. The van der Waals surface area contributed by atoms with E-state index in [9.17, 15) is 0 Å². The summed E-state index contributed by atoms with van der Waals surface area (Å²) in [6.45, 7) is 2.08. The van der Waals surface area contributed by atoms with Gasteiger partial charge in [0.1, 0.15) is 0 Å². The van der Waals surface area contributed by atoms with Crippen LogP contribution in [0.5, 0.6) is 0 Å². The zero-order valence-corrected chi connectivity index (χ0v) is 8.77. The SMILES string of the molecule is Cc1ccc(Cc2ncccc2N)cc1. The van der Waals surface area contributed by atoms with E-state index in [0.717, 1.165) is 17.8 Å². The van der Waals surface area contributed by atoms with Crippen molar-refractivity contribution in [2.45, 2.75) is 13.3 Å². The van der Waals surface area contributed by atoms with E-state index in [2.05, 4.69) is 36.2 Å². The standard InChI is InChI=1S/C13H14N2/c1-10-4-6-11(7-5-10)9-13-12(14)3-2-8-15-13/h2-8H,9,14H2,1H3. The normalized spacial score (nSPS) is 10.2. The Morgan fingerprint density at radius 1 is 1.13 bits per heavy atom. The van der Waals surface area contributed by atoms with E-state index >= 15 is 0 Å². The highest BCUT2D eigenvalue weighted by molar-refractivity contribution is 5.44. The van der Waals surface area contributed by atoms with Crippen LogP contribution in [0.2, 0.25) is 0 Å². The van der Waals surface area contributed by atoms with Gasteiger partial charge in [0.25, 0.3) is 0 Å². The maximum atomic E-state index is 5.84. The molecule has 0 aliphatic heterocycles. The molecule has 0 unspecified atom stereocenters. The lowest BCUT2D eigenvalue weighted by Gasteiger charge is -2.04. The van der Waals surface area contributed by atoms with Gasteiger partial charge in [-0.3, -0.25) is 4.98 Å². The number of hydrogen-bond donors (Lipinski definition) is 1. The number of nitrogens with two attached hydrogens (primary N) is 1. The van der Waals surface area contributed by atoms with Crippen molar-refractivity contribution >= 4 is 5.69 Å². The molecular weight excluding hydrogens is 184 g/mol. The molecule has 2 nitrogen and oxygen atoms in total. The third-order valence-corrected chi connectivity index (χ3v) is 2.42. The molecule has 76 valence electrons. The fourth-order valence-electron chi connectivity index (χ4n) is 1.50. The van der Waals surface area contributed by atoms with E-state index in [1.54, 1.807) is 6.20 Å². The summed E-state index contributed by atoms with van der Waals surface area (Å²) in [5.74, 6) is 0. The molecule has 15 heavy (non-hydrogen) atoms. The van der Waals surface area contributed by atoms with Crippen LogP contribution in [0.15, 0.2) is 42.6 Å². The summed E-state index contributed by atoms with van der Waals surface area (Å²) in [6, 6.07) is 12.2. The molecule has 0 saturated carbocycles. The van der Waals surface area contributed by atoms with Gasteiger partial charge in [-0.2, -0.15) is 0 Å². The van der Waals surface area contributed by atoms with Crippen molar-refractivity contribution in [1.29, 1.82) is 0 Å². The van der Waals surface area contributed by atoms with Gasteiger partial charge in [-0.1, -0.05) is 29.8 Å². The first-order valence-electron chi connectivity index (χ1n) is 5.00. The molecule has 2 N–H and O–H groups in total. The first-order chi connectivity index (χ1) is 7.25. The average molecular weight is 198 g/mol. The van der Waals surface area contributed by atoms with Crippen LogP contribution in [0.25, 0.3) is 0 Å². The number of nitrogen functional groups attached to an aromatic ring is 1. The summed E-state index contributed by atoms with van der Waals surface area (Å²) in [7, 11) is 0. The van der Waals surface area contributed by atoms with Gasteiger partial charge in [-0.25, -0.2) is 0 Å². The van der Waals surface area contributed by atoms with Crippen molar-refractivity contribution in [3.8, 4) is 0 Å². The van der Waals surface area contributed by atoms with Crippen molar-refractivity contribution in [2.75, 3.05) is 5.73 Å². The van der Waals surface area contributed by atoms with E-state index in [0.29, 0.717) is 0 Å². The van der Waals surface area contributed by atoms with Gasteiger partial charge < -0.3 is 5.73 Å². The number of hydrogen-bond acceptors (Lipinski definition) is 2. The van der Waals surface area contributed by atoms with Gasteiger partial charge >= 0.3 is 0 Å². The molecule has 1 heterocycles. The quantitative estimate of drug-likeness (QED) is 0.805. The van der Waals surface area contributed by atoms with Crippen LogP contribution in [0, 0.1) is 6.92 Å². The number of aromatic nitrogens is 1. The Bertz CT molecular complexity index is 446. The molecule has 1 aromatic carbocycles. The van der Waals surface area contributed by atoms with Crippen LogP contribution in [-0.2, 0) is 6.42 Å². The molecule has 0 aliphatic rings. The van der Waals surface area contributed by atoms with E-state index in [1.807, 2.05) is 12.1 Å². The second-order valence-corrected chi connectivity index (χ2v) is 3.70. The van der Waals surface area contributed by atoms with Crippen molar-refractivity contribution in [1.82, 2.24) is 4.98 Å². The second kappa shape index (κ2) is 4.13. The lowest BCUT2D eigenvalue weighted by molar-refractivity contribution is 1.08. The summed E-state index contributed by atoms with van der Waals surface area (Å²) in [5, 5.41) is 0. The molecule has 0 spiro atoms. The minimum atomic E-state index is 0.762. The van der Waals surface area contributed by atoms with E-state index in [4.69, 9.17) is 5.73 Å². The van der Waals surface area contributed by atoms with Crippen LogP contribution in [-0.4, -0.2) is 4.98 Å². The fourth-order valence-corrected chi connectivity index (χ4v) is 1.50. The molecule has 0 fully saturated rings. The summed E-state index contributed by atoms with van der Waals surface area (Å²) in [5.41, 5.74) is 10.1. The third-order valence-electron chi connectivity index (χ3n) is 2.42. The lowest BCUT2D eigenvalue weighted by atomic mass is 10.1. The summed E-state index contributed by atoms with van der Waals surface area (Å²) < 4.78 is 0. The molecule has 2 rings (SSSR count). The molecule has 2 aromatic rings. The van der Waals surface area contributed by atoms with Crippen LogP contribution < -0.4 is 5.73 Å². The Hall–Kier alpha value is -1.83. The number of aryl methyl sites for hydroxylation is 1. The summed E-state index contributed by atoms with van der Waals surface area (Å²) in [4.78, 5) is 4.27. The number of benzene rings is 1. The molecule has 0 atom stereocenters. The topological polar surface area (TPSA) is 38.9 Å². The number of rotatable bonds is 2. The Kier molecular flexibility index (Phi) is 2.68. The Morgan fingerprint density at radius 3 is 2.53 bits per heavy atom. The number of nitrogens with zero attached hydrogens (tertiary/aromatic N) is 1. The summed E-state index contributed by atoms with van der Waals surface area (Å²) in [6.07, 6.45) is 2.58. The lowest BCUT2D eigenvalue weighted by Crippen LogP contribution is -1.98. The highest BCUT2D eigenvalue weighted by Gasteiger charge is 2.00. The van der Waals surface area contributed by atoms with Gasteiger partial charge in [0.05, 0.1) is 11.4 Å². The molecule has 0 saturated heterocycles. The first-order valence-corrected chi connectivity index (χ1v) is 5.00. The maximum absolute atomic E-state index is 5.84. The number of pyridine rings is 1. The van der Waals surface area contributed by atoms with Crippen molar-refractivity contribution in [3.63, 3.8) is 0 Å². The predicted molar refractivity (Wildman–Crippen MR) is 62.6 cm³/mol. The molecular formula is C13H14N2. The molecule has 0 amide bonds. The van der Waals surface area contributed by atoms with Crippen LogP contribution in [0.1, 0.15) is 16.8 Å². The van der Waals surface area contributed by atoms with Crippen LogP contribution in [0.3, 0.4) is 0 Å². The maximum Gasteiger partial charge on any atom is 0.0676 e. The number of anilines is 1. The first kappa shape index (κ1) is 9.71. The van der Waals surface area contributed by atoms with Gasteiger partial charge in [-0.15, -0.1) is 0 Å². The predicted octanol–water partition coefficient (Wildman–Crippen LogP) is 2.56. The summed E-state index contributed by atoms with van der Waals surface area (Å²) >= 11 is 0. The van der Waals surface area contributed by atoms with Gasteiger partial charge in [0.15, 0.2) is 0 Å². The van der Waals surface area contributed by atoms with E-state index in [-0.39, 0.29) is 0 Å². The highest BCUT2D eigenvalue weighted by atomic mass is 14.7. The Labute approximate surface area is 89.8 Å². The smallest absolute Gasteiger partial charge is 0.0676 e. The Morgan fingerprint density at radius 2 is 1.87 bits per heavy atom. The van der Waals surface area contributed by atoms with E-state index < -0.39 is 0 Å². The highest BCUT2D eigenvalue weighted by Crippen LogP contribution is 2.13. The largest absolute Gasteiger partial charge is 0.397 e. The molecule has 0 aliphatic carbocycles. The zero-order valence-electron chi connectivity index (χ0n) is 8.77. The van der Waals surface area contributed by atoms with Crippen LogP contribution in [0.4, 0.5) is 5.69 Å². The van der Waals surface area contributed by atoms with Crippen molar-refractivity contribution in [3.05, 3.63) is 59.4 Å². The van der Waals surface area contributed by atoms with E-state index in [1.165, 1.54) is 11.1 Å². The Balaban J connectivity index is 2.22. The minimum Gasteiger partial charge on any atom is -0.397 e. The average Bonchev–Trinajstić information content (AvgIpc) is 2.25. The van der Waals surface area contributed by atoms with Crippen molar-refractivity contribution in [2.24, 2.45) is 0 Å². The van der Waals surface area contributed by atoms with Crippen molar-refractivity contribution < 1.29 is 0 Å². The van der Waals surface area contributed by atoms with Gasteiger partial charge in [0.2, 0.25) is 0 Å². The fraction of sp³-hybridized carbons (Fsp3) is 0.154. The molecule has 0 bridgehead atoms. The molecule has 1 aromatic heterocycles. The van der Waals surface area contributed by atoms with Gasteiger partial charge in [0, 0.05) is 12.6 Å². The van der Waals surface area contributed by atoms with Crippen LogP contribution >= 0.6 is 0 Å². The monoisotopic (exact) mass is 198 g/mol. The third kappa shape index (κ3) is 2.34.